The zero-order chi connectivity index (χ0) is 13.1. The lowest BCUT2D eigenvalue weighted by Crippen LogP contribution is -2.16. The van der Waals surface area contributed by atoms with Gasteiger partial charge in [0, 0.05) is 19.8 Å². The Bertz CT molecular complexity index is 540. The fourth-order valence-electron chi connectivity index (χ4n) is 1.80. The Balaban J connectivity index is 2.13. The van der Waals surface area contributed by atoms with E-state index >= 15 is 0 Å². The molecule has 2 rings (SSSR count). The molecule has 2 aromatic rings. The average molecular weight is 247 g/mol. The van der Waals surface area contributed by atoms with Gasteiger partial charge < -0.3 is 0 Å². The molecule has 0 aliphatic heterocycles. The molecular formula is C12H17N5O. The van der Waals surface area contributed by atoms with Crippen LogP contribution in [0, 0.1) is 5.92 Å². The second-order valence-electron chi connectivity index (χ2n) is 4.69. The van der Waals surface area contributed by atoms with Gasteiger partial charge in [-0.1, -0.05) is 13.8 Å². The third-order valence-corrected chi connectivity index (χ3v) is 2.66. The second-order valence-corrected chi connectivity index (χ2v) is 4.69. The minimum atomic E-state index is 0.00741. The fourth-order valence-corrected chi connectivity index (χ4v) is 1.80. The molecule has 2 heterocycles. The topological polar surface area (TPSA) is 65.6 Å². The van der Waals surface area contributed by atoms with E-state index in [-0.39, 0.29) is 12.2 Å². The maximum Gasteiger partial charge on any atom is 0.188 e. The summed E-state index contributed by atoms with van der Waals surface area (Å²) in [5.74, 6) is 1.18. The van der Waals surface area contributed by atoms with Crippen molar-refractivity contribution in [2.45, 2.75) is 26.8 Å². The molecule has 6 heteroatoms. The van der Waals surface area contributed by atoms with Crippen molar-refractivity contribution in [2.24, 2.45) is 13.0 Å². The Hall–Kier alpha value is -1.98. The fraction of sp³-hybridized carbons (Fsp3) is 0.500. The van der Waals surface area contributed by atoms with Crippen molar-refractivity contribution in [3.05, 3.63) is 30.1 Å². The zero-order valence-corrected chi connectivity index (χ0v) is 10.9. The Morgan fingerprint density at radius 1 is 1.39 bits per heavy atom. The van der Waals surface area contributed by atoms with Gasteiger partial charge in [0.05, 0.1) is 6.42 Å². The lowest BCUT2D eigenvalue weighted by atomic mass is 10.2. The molecule has 6 nitrogen and oxygen atoms in total. The van der Waals surface area contributed by atoms with Crippen LogP contribution in [0.15, 0.2) is 18.6 Å². The van der Waals surface area contributed by atoms with Crippen LogP contribution < -0.4 is 0 Å². The lowest BCUT2D eigenvalue weighted by molar-refractivity contribution is 0.0980. The van der Waals surface area contributed by atoms with E-state index in [1.165, 1.54) is 6.33 Å². The predicted octanol–water partition coefficient (Wildman–Crippen LogP) is 1.09. The first-order valence-corrected chi connectivity index (χ1v) is 5.96. The molecular weight excluding hydrogens is 230 g/mol. The number of carbonyl (C=O) groups excluding carboxylic acids is 1. The summed E-state index contributed by atoms with van der Waals surface area (Å²) in [4.78, 5) is 16.2. The van der Waals surface area contributed by atoms with E-state index in [1.807, 2.05) is 0 Å². The SMILES string of the molecule is CC(C)Cn1ncnc1CC(=O)c1ccnn1C. The number of ketones is 1. The number of carbonyl (C=O) groups is 1. The number of rotatable bonds is 5. The number of hydrogen-bond acceptors (Lipinski definition) is 4. The molecule has 0 fully saturated rings. The highest BCUT2D eigenvalue weighted by molar-refractivity contribution is 5.95. The van der Waals surface area contributed by atoms with Crippen LogP contribution in [0.1, 0.15) is 30.2 Å². The molecule has 0 spiro atoms. The molecule has 96 valence electrons. The van der Waals surface area contributed by atoms with Crippen LogP contribution in [-0.2, 0) is 20.0 Å². The van der Waals surface area contributed by atoms with E-state index in [2.05, 4.69) is 29.0 Å². The van der Waals surface area contributed by atoms with Crippen LogP contribution in [0.2, 0.25) is 0 Å². The quantitative estimate of drug-likeness (QED) is 0.742. The number of aromatic nitrogens is 5. The Labute approximate surface area is 106 Å². The maximum absolute atomic E-state index is 12.1. The van der Waals surface area contributed by atoms with Crippen molar-refractivity contribution < 1.29 is 4.79 Å². The first-order chi connectivity index (χ1) is 8.58. The molecule has 0 aliphatic rings. The second kappa shape index (κ2) is 5.12. The molecule has 0 bridgehead atoms. The minimum absolute atomic E-state index is 0.00741. The van der Waals surface area contributed by atoms with Crippen LogP contribution >= 0.6 is 0 Å². The molecule has 2 aromatic heterocycles. The number of aryl methyl sites for hydroxylation is 1. The molecule has 0 atom stereocenters. The number of Topliss-reactive ketones (excluding diaryl/α,β-unsaturated/α-hetero) is 1. The van der Waals surface area contributed by atoms with Crippen LogP contribution in [0.25, 0.3) is 0 Å². The van der Waals surface area contributed by atoms with Gasteiger partial charge in [-0.15, -0.1) is 0 Å². The average Bonchev–Trinajstić information content (AvgIpc) is 2.88. The maximum atomic E-state index is 12.1. The molecule has 0 amide bonds. The summed E-state index contributed by atoms with van der Waals surface area (Å²) >= 11 is 0. The molecule has 0 unspecified atom stereocenters. The summed E-state index contributed by atoms with van der Waals surface area (Å²) in [6.45, 7) is 4.98. The van der Waals surface area contributed by atoms with E-state index < -0.39 is 0 Å². The van der Waals surface area contributed by atoms with Crippen molar-refractivity contribution in [2.75, 3.05) is 0 Å². The van der Waals surface area contributed by atoms with Crippen LogP contribution in [0.5, 0.6) is 0 Å². The standard InChI is InChI=1S/C12H17N5O/c1-9(2)7-17-12(13-8-15-17)6-11(18)10-4-5-14-16(10)3/h4-5,8-9H,6-7H2,1-3H3. The largest absolute Gasteiger partial charge is 0.292 e. The summed E-state index contributed by atoms with van der Waals surface area (Å²) < 4.78 is 3.37. The minimum Gasteiger partial charge on any atom is -0.292 e. The summed E-state index contributed by atoms with van der Waals surface area (Å²) in [5.41, 5.74) is 0.592. The van der Waals surface area contributed by atoms with Gasteiger partial charge in [-0.25, -0.2) is 9.67 Å². The normalized spacial score (nSPS) is 11.1. The first kappa shape index (κ1) is 12.5. The van der Waals surface area contributed by atoms with E-state index in [0.29, 0.717) is 17.4 Å². The smallest absolute Gasteiger partial charge is 0.188 e. The monoisotopic (exact) mass is 247 g/mol. The molecule has 0 saturated carbocycles. The van der Waals surface area contributed by atoms with Gasteiger partial charge in [-0.3, -0.25) is 9.48 Å². The summed E-state index contributed by atoms with van der Waals surface area (Å²) in [6.07, 6.45) is 3.37. The van der Waals surface area contributed by atoms with Gasteiger partial charge in [-0.05, 0) is 12.0 Å². The van der Waals surface area contributed by atoms with Crippen molar-refractivity contribution in [3.8, 4) is 0 Å². The third-order valence-electron chi connectivity index (χ3n) is 2.66. The Morgan fingerprint density at radius 3 is 2.78 bits per heavy atom. The predicted molar refractivity (Wildman–Crippen MR) is 66.1 cm³/mol. The molecule has 0 saturated heterocycles. The Morgan fingerprint density at radius 2 is 2.17 bits per heavy atom. The van der Waals surface area contributed by atoms with E-state index in [9.17, 15) is 4.79 Å². The molecule has 18 heavy (non-hydrogen) atoms. The highest BCUT2D eigenvalue weighted by Crippen LogP contribution is 2.06. The highest BCUT2D eigenvalue weighted by Gasteiger charge is 2.15. The first-order valence-electron chi connectivity index (χ1n) is 5.96. The summed E-state index contributed by atoms with van der Waals surface area (Å²) in [7, 11) is 1.76. The van der Waals surface area contributed by atoms with Gasteiger partial charge in [-0.2, -0.15) is 10.2 Å². The summed E-state index contributed by atoms with van der Waals surface area (Å²) in [5, 5.41) is 8.13. The van der Waals surface area contributed by atoms with Crippen molar-refractivity contribution >= 4 is 5.78 Å². The number of nitrogens with zero attached hydrogens (tertiary/aromatic N) is 5. The van der Waals surface area contributed by atoms with Gasteiger partial charge in [0.25, 0.3) is 0 Å². The van der Waals surface area contributed by atoms with E-state index in [1.54, 1.807) is 28.7 Å². The lowest BCUT2D eigenvalue weighted by Gasteiger charge is -2.08. The van der Waals surface area contributed by atoms with E-state index in [4.69, 9.17) is 0 Å². The molecule has 0 radical (unpaired) electrons. The number of hydrogen-bond donors (Lipinski definition) is 0. The van der Waals surface area contributed by atoms with E-state index in [0.717, 1.165) is 6.54 Å². The third kappa shape index (κ3) is 2.64. The molecule has 0 N–H and O–H groups in total. The molecule has 0 aliphatic carbocycles. The highest BCUT2D eigenvalue weighted by atomic mass is 16.1. The van der Waals surface area contributed by atoms with Gasteiger partial charge in [0.2, 0.25) is 0 Å². The van der Waals surface area contributed by atoms with Gasteiger partial charge >= 0.3 is 0 Å². The van der Waals surface area contributed by atoms with Crippen molar-refractivity contribution in [3.63, 3.8) is 0 Å². The summed E-state index contributed by atoms with van der Waals surface area (Å²) in [6, 6.07) is 1.71. The zero-order valence-electron chi connectivity index (χ0n) is 10.9. The van der Waals surface area contributed by atoms with Crippen LogP contribution in [0.4, 0.5) is 0 Å². The van der Waals surface area contributed by atoms with Crippen molar-refractivity contribution in [1.29, 1.82) is 0 Å². The Kier molecular flexibility index (Phi) is 3.55. The van der Waals surface area contributed by atoms with Gasteiger partial charge in [0.15, 0.2) is 5.78 Å². The van der Waals surface area contributed by atoms with Gasteiger partial charge in [0.1, 0.15) is 17.8 Å². The molecule has 0 aromatic carbocycles. The van der Waals surface area contributed by atoms with Crippen LogP contribution in [-0.4, -0.2) is 30.3 Å². The van der Waals surface area contributed by atoms with Crippen LogP contribution in [0.3, 0.4) is 0 Å². The van der Waals surface area contributed by atoms with Crippen molar-refractivity contribution in [1.82, 2.24) is 24.5 Å².